The molecular weight excluding hydrogens is 359 g/mol. The van der Waals surface area contributed by atoms with Crippen molar-refractivity contribution in [3.63, 3.8) is 0 Å². The maximum atomic E-state index is 4.68. The minimum Gasteiger partial charge on any atom is -0.237 e. The van der Waals surface area contributed by atoms with Gasteiger partial charge in [0, 0.05) is 18.0 Å². The molecule has 1 heterocycles. The number of aromatic nitrogens is 1. The molecule has 0 amide bonds. The molecular formula is C25H21N2P. The monoisotopic (exact) mass is 380 g/mol. The van der Waals surface area contributed by atoms with Gasteiger partial charge in [0.15, 0.2) is 5.82 Å². The molecule has 0 bridgehead atoms. The summed E-state index contributed by atoms with van der Waals surface area (Å²) in [5, 5.41) is 3.96. The van der Waals surface area contributed by atoms with Crippen molar-refractivity contribution < 1.29 is 0 Å². The van der Waals surface area contributed by atoms with E-state index in [0.717, 1.165) is 16.9 Å². The predicted molar refractivity (Wildman–Crippen MR) is 121 cm³/mol. The third kappa shape index (κ3) is 4.08. The van der Waals surface area contributed by atoms with E-state index in [9.17, 15) is 0 Å². The van der Waals surface area contributed by atoms with E-state index < -0.39 is 7.92 Å². The number of aliphatic imine (C=N–C) groups is 1. The van der Waals surface area contributed by atoms with Crippen molar-refractivity contribution in [2.45, 2.75) is 6.92 Å². The van der Waals surface area contributed by atoms with Crippen LogP contribution >= 0.6 is 7.92 Å². The highest BCUT2D eigenvalue weighted by molar-refractivity contribution is 7.80. The predicted octanol–water partition coefficient (Wildman–Crippen LogP) is 4.90. The first-order chi connectivity index (χ1) is 13.8. The lowest BCUT2D eigenvalue weighted by Crippen LogP contribution is -2.23. The first-order valence-electron chi connectivity index (χ1n) is 9.28. The summed E-state index contributed by atoms with van der Waals surface area (Å²) >= 11 is 0. The zero-order valence-electron chi connectivity index (χ0n) is 15.7. The van der Waals surface area contributed by atoms with E-state index in [1.54, 1.807) is 6.20 Å². The van der Waals surface area contributed by atoms with Crippen molar-refractivity contribution in [3.8, 4) is 0 Å². The summed E-state index contributed by atoms with van der Waals surface area (Å²) in [6, 6.07) is 34.0. The molecule has 0 saturated carbocycles. The molecule has 4 rings (SSSR count). The topological polar surface area (TPSA) is 25.2 Å². The van der Waals surface area contributed by atoms with Gasteiger partial charge in [-0.3, -0.25) is 0 Å². The number of hydrogen-bond acceptors (Lipinski definition) is 2. The molecule has 0 atom stereocenters. The molecule has 0 unspecified atom stereocenters. The molecule has 28 heavy (non-hydrogen) atoms. The fourth-order valence-electron chi connectivity index (χ4n) is 3.12. The van der Waals surface area contributed by atoms with Gasteiger partial charge in [0.25, 0.3) is 0 Å². The van der Waals surface area contributed by atoms with Gasteiger partial charge < -0.3 is 0 Å². The van der Waals surface area contributed by atoms with Gasteiger partial charge >= 0.3 is 0 Å². The molecule has 1 aromatic heterocycles. The smallest absolute Gasteiger partial charge is 0.154 e. The second kappa shape index (κ2) is 8.73. The van der Waals surface area contributed by atoms with Gasteiger partial charge in [-0.25, -0.2) is 9.98 Å². The fraction of sp³-hybridized carbons (Fsp3) is 0.0400. The molecule has 0 spiro atoms. The van der Waals surface area contributed by atoms with Crippen molar-refractivity contribution in [2.75, 3.05) is 0 Å². The van der Waals surface area contributed by atoms with E-state index in [1.807, 2.05) is 25.3 Å². The van der Waals surface area contributed by atoms with Gasteiger partial charge in [-0.15, -0.1) is 0 Å². The van der Waals surface area contributed by atoms with Gasteiger partial charge in [0.05, 0.1) is 0 Å². The normalized spacial score (nSPS) is 11.2. The van der Waals surface area contributed by atoms with Crippen LogP contribution in [0.1, 0.15) is 11.1 Å². The van der Waals surface area contributed by atoms with Crippen molar-refractivity contribution in [1.29, 1.82) is 0 Å². The molecule has 3 aromatic carbocycles. The molecule has 0 saturated heterocycles. The SMILES string of the molecule is Cc1cccnc1/N=C\c1ccccc1P(c1ccccc1)c1ccccc1. The molecule has 0 N–H and O–H groups in total. The first kappa shape index (κ1) is 18.3. The minimum atomic E-state index is -0.667. The lowest BCUT2D eigenvalue weighted by Gasteiger charge is -2.21. The number of nitrogens with zero attached hydrogens (tertiary/aromatic N) is 2. The van der Waals surface area contributed by atoms with Crippen LogP contribution in [0.5, 0.6) is 0 Å². The highest BCUT2D eigenvalue weighted by atomic mass is 31.1. The second-order valence-corrected chi connectivity index (χ2v) is 8.65. The van der Waals surface area contributed by atoms with Gasteiger partial charge in [-0.1, -0.05) is 91.0 Å². The van der Waals surface area contributed by atoms with E-state index in [2.05, 4.69) is 94.9 Å². The lowest BCUT2D eigenvalue weighted by molar-refractivity contribution is 1.23. The van der Waals surface area contributed by atoms with E-state index in [0.29, 0.717) is 0 Å². The first-order valence-corrected chi connectivity index (χ1v) is 10.6. The Morgan fingerprint density at radius 2 is 1.32 bits per heavy atom. The summed E-state index contributed by atoms with van der Waals surface area (Å²) in [5.74, 6) is 0.765. The summed E-state index contributed by atoms with van der Waals surface area (Å²) in [6.07, 6.45) is 3.73. The number of rotatable bonds is 5. The van der Waals surface area contributed by atoms with Gasteiger partial charge in [0.1, 0.15) is 0 Å². The molecule has 4 aromatic rings. The number of hydrogen-bond donors (Lipinski definition) is 0. The second-order valence-electron chi connectivity index (χ2n) is 6.47. The quantitative estimate of drug-likeness (QED) is 0.357. The Hall–Kier alpha value is -3.09. The van der Waals surface area contributed by atoms with Crippen molar-refractivity contribution in [2.24, 2.45) is 4.99 Å². The van der Waals surface area contributed by atoms with Crippen molar-refractivity contribution in [3.05, 3.63) is 114 Å². The zero-order valence-corrected chi connectivity index (χ0v) is 16.6. The summed E-state index contributed by atoms with van der Waals surface area (Å²) < 4.78 is 0. The van der Waals surface area contributed by atoms with Crippen LogP contribution < -0.4 is 15.9 Å². The largest absolute Gasteiger partial charge is 0.237 e. The Labute approximate surface area is 167 Å². The van der Waals surface area contributed by atoms with Gasteiger partial charge in [-0.2, -0.15) is 0 Å². The zero-order chi connectivity index (χ0) is 19.2. The lowest BCUT2D eigenvalue weighted by atomic mass is 10.2. The maximum absolute atomic E-state index is 4.68. The number of aryl methyl sites for hydroxylation is 1. The summed E-state index contributed by atoms with van der Waals surface area (Å²) in [7, 11) is -0.667. The summed E-state index contributed by atoms with van der Waals surface area (Å²) in [5.41, 5.74) is 2.20. The number of benzene rings is 3. The van der Waals surface area contributed by atoms with Crippen LogP contribution in [0.3, 0.4) is 0 Å². The average Bonchev–Trinajstić information content (AvgIpc) is 2.76. The molecule has 0 fully saturated rings. The minimum absolute atomic E-state index is 0.667. The molecule has 0 aliphatic rings. The van der Waals surface area contributed by atoms with E-state index in [1.165, 1.54) is 15.9 Å². The fourth-order valence-corrected chi connectivity index (χ4v) is 5.55. The maximum Gasteiger partial charge on any atom is 0.154 e. The Bertz CT molecular complexity index is 1040. The highest BCUT2D eigenvalue weighted by Crippen LogP contribution is 2.33. The summed E-state index contributed by atoms with van der Waals surface area (Å²) in [4.78, 5) is 9.07. The molecule has 0 radical (unpaired) electrons. The van der Waals surface area contributed by atoms with Crippen LogP contribution in [-0.2, 0) is 0 Å². The van der Waals surface area contributed by atoms with Crippen LogP contribution in [0.2, 0.25) is 0 Å². The van der Waals surface area contributed by atoms with E-state index in [-0.39, 0.29) is 0 Å². The molecule has 136 valence electrons. The van der Waals surface area contributed by atoms with Crippen LogP contribution in [-0.4, -0.2) is 11.2 Å². The van der Waals surface area contributed by atoms with Crippen LogP contribution in [0.4, 0.5) is 5.82 Å². The molecule has 2 nitrogen and oxygen atoms in total. The molecule has 0 aliphatic carbocycles. The average molecular weight is 380 g/mol. The third-order valence-corrected chi connectivity index (χ3v) is 7.03. The van der Waals surface area contributed by atoms with Crippen LogP contribution in [0.25, 0.3) is 0 Å². The Morgan fingerprint density at radius 1 is 0.714 bits per heavy atom. The third-order valence-electron chi connectivity index (χ3n) is 4.51. The van der Waals surface area contributed by atoms with Gasteiger partial charge in [0.2, 0.25) is 0 Å². The Kier molecular flexibility index (Phi) is 5.70. The van der Waals surface area contributed by atoms with Crippen molar-refractivity contribution in [1.82, 2.24) is 4.98 Å². The standard InChI is InChI=1S/C25H21N2P/c1-20-11-10-18-26-25(20)27-19-21-12-8-9-17-24(21)28(22-13-4-2-5-14-22)23-15-6-3-7-16-23/h2-19H,1H3/b27-19-. The van der Waals surface area contributed by atoms with E-state index >= 15 is 0 Å². The number of pyridine rings is 1. The molecule has 3 heteroatoms. The summed E-state index contributed by atoms with van der Waals surface area (Å²) in [6.45, 7) is 2.03. The Morgan fingerprint density at radius 3 is 1.96 bits per heavy atom. The van der Waals surface area contributed by atoms with Crippen LogP contribution in [0, 0.1) is 6.92 Å². The highest BCUT2D eigenvalue weighted by Gasteiger charge is 2.18. The van der Waals surface area contributed by atoms with Gasteiger partial charge in [-0.05, 0) is 42.4 Å². The van der Waals surface area contributed by atoms with Crippen LogP contribution in [0.15, 0.2) is 108 Å². The van der Waals surface area contributed by atoms with Crippen molar-refractivity contribution >= 4 is 35.9 Å². The Balaban J connectivity index is 1.81. The molecule has 0 aliphatic heterocycles. The van der Waals surface area contributed by atoms with E-state index in [4.69, 9.17) is 0 Å².